The van der Waals surface area contributed by atoms with Crippen LogP contribution in [0.4, 0.5) is 0 Å². The van der Waals surface area contributed by atoms with Crippen LogP contribution < -0.4 is 5.73 Å². The van der Waals surface area contributed by atoms with Crippen LogP contribution in [0.5, 0.6) is 5.88 Å². The number of aromatic hydroxyl groups is 1. The molecule has 3 aromatic heterocycles. The highest BCUT2D eigenvalue weighted by Gasteiger charge is 2.34. The van der Waals surface area contributed by atoms with Crippen molar-refractivity contribution in [3.63, 3.8) is 0 Å². The number of primary amides is 1. The Morgan fingerprint density at radius 3 is 2.85 bits per heavy atom. The highest BCUT2D eigenvalue weighted by Crippen LogP contribution is 2.41. The first kappa shape index (κ1) is 17.0. The normalized spacial score (nSPS) is 17.7. The molecule has 1 aliphatic heterocycles. The first-order valence-corrected chi connectivity index (χ1v) is 9.54. The summed E-state index contributed by atoms with van der Waals surface area (Å²) in [4.78, 5) is 19.5. The minimum absolute atomic E-state index is 0.0912. The number of thiazole rings is 1. The van der Waals surface area contributed by atoms with Gasteiger partial charge in [0.25, 0.3) is 0 Å². The Labute approximate surface area is 154 Å². The smallest absolute Gasteiger partial charge is 0.230 e. The van der Waals surface area contributed by atoms with Crippen molar-refractivity contribution in [2.45, 2.75) is 32.2 Å². The summed E-state index contributed by atoms with van der Waals surface area (Å²) in [7, 11) is 0. The first-order chi connectivity index (χ1) is 12.6. The predicted molar refractivity (Wildman–Crippen MR) is 95.9 cm³/mol. The second kappa shape index (κ2) is 6.73. The number of piperidine rings is 1. The van der Waals surface area contributed by atoms with Crippen LogP contribution >= 0.6 is 11.3 Å². The van der Waals surface area contributed by atoms with Gasteiger partial charge in [0, 0.05) is 12.3 Å². The van der Waals surface area contributed by atoms with E-state index in [9.17, 15) is 9.90 Å². The van der Waals surface area contributed by atoms with Crippen molar-refractivity contribution in [1.82, 2.24) is 19.5 Å². The maximum Gasteiger partial charge on any atom is 0.230 e. The Morgan fingerprint density at radius 1 is 1.50 bits per heavy atom. The number of nitrogens with zero attached hydrogens (tertiary/aromatic N) is 4. The van der Waals surface area contributed by atoms with Crippen LogP contribution in [-0.2, 0) is 11.2 Å². The molecular formula is C17H21N5O3S. The molecule has 1 amide bonds. The van der Waals surface area contributed by atoms with Gasteiger partial charge in [-0.3, -0.25) is 9.69 Å². The number of aryl methyl sites for hydroxylation is 1. The van der Waals surface area contributed by atoms with Crippen molar-refractivity contribution in [3.8, 4) is 5.88 Å². The third-order valence-electron chi connectivity index (χ3n) is 4.92. The van der Waals surface area contributed by atoms with Gasteiger partial charge in [0.15, 0.2) is 5.82 Å². The van der Waals surface area contributed by atoms with Crippen LogP contribution in [0.15, 0.2) is 22.8 Å². The Bertz CT molecular complexity index is 909. The molecule has 9 heteroatoms. The number of fused-ring (bicyclic) bond motifs is 1. The van der Waals surface area contributed by atoms with Crippen molar-refractivity contribution in [2.75, 3.05) is 13.1 Å². The molecule has 1 atom stereocenters. The molecule has 0 aromatic carbocycles. The van der Waals surface area contributed by atoms with E-state index in [1.54, 1.807) is 6.26 Å². The fraction of sp³-hybridized carbons (Fsp3) is 0.471. The molecular weight excluding hydrogens is 354 g/mol. The van der Waals surface area contributed by atoms with E-state index in [1.807, 2.05) is 19.1 Å². The van der Waals surface area contributed by atoms with Crippen molar-refractivity contribution in [1.29, 1.82) is 0 Å². The van der Waals surface area contributed by atoms with Crippen LogP contribution in [-0.4, -0.2) is 43.6 Å². The third kappa shape index (κ3) is 2.86. The van der Waals surface area contributed by atoms with E-state index in [1.165, 1.54) is 15.9 Å². The van der Waals surface area contributed by atoms with Crippen LogP contribution in [0.2, 0.25) is 0 Å². The van der Waals surface area contributed by atoms with Gasteiger partial charge in [-0.2, -0.15) is 4.52 Å². The van der Waals surface area contributed by atoms with Gasteiger partial charge in [-0.05, 0) is 38.1 Å². The third-order valence-corrected chi connectivity index (χ3v) is 5.99. The van der Waals surface area contributed by atoms with Crippen LogP contribution in [0.25, 0.3) is 4.96 Å². The Morgan fingerprint density at radius 2 is 2.27 bits per heavy atom. The van der Waals surface area contributed by atoms with Gasteiger partial charge < -0.3 is 15.3 Å². The monoisotopic (exact) mass is 375 g/mol. The second-order valence-corrected chi connectivity index (χ2v) is 7.51. The quantitative estimate of drug-likeness (QED) is 0.705. The Balaban J connectivity index is 1.70. The van der Waals surface area contributed by atoms with Gasteiger partial charge in [-0.25, -0.2) is 4.98 Å². The van der Waals surface area contributed by atoms with E-state index in [0.717, 1.165) is 10.6 Å². The summed E-state index contributed by atoms with van der Waals surface area (Å²) in [5.74, 6) is 1.21. The van der Waals surface area contributed by atoms with Crippen molar-refractivity contribution >= 4 is 22.2 Å². The molecule has 1 fully saturated rings. The number of carbonyl (C=O) groups excluding carboxylic acids is 1. The van der Waals surface area contributed by atoms with Gasteiger partial charge in [0.1, 0.15) is 11.8 Å². The molecule has 0 spiro atoms. The summed E-state index contributed by atoms with van der Waals surface area (Å²) < 4.78 is 7.15. The van der Waals surface area contributed by atoms with Crippen molar-refractivity contribution < 1.29 is 14.3 Å². The van der Waals surface area contributed by atoms with E-state index >= 15 is 0 Å². The average molecular weight is 375 g/mol. The van der Waals surface area contributed by atoms with Gasteiger partial charge in [-0.1, -0.05) is 18.3 Å². The number of aromatic nitrogens is 3. The SMILES string of the molecule is CCc1nc2sc([C@@H](c3ccco3)N3CCC(C(N)=O)CC3)c(O)n2n1. The molecule has 1 saturated heterocycles. The second-order valence-electron chi connectivity index (χ2n) is 6.50. The van der Waals surface area contributed by atoms with Crippen LogP contribution in [0.3, 0.4) is 0 Å². The van der Waals surface area contributed by atoms with Gasteiger partial charge in [0.2, 0.25) is 16.7 Å². The standard InChI is InChI=1S/C17H21N5O3S/c1-2-12-19-17-22(20-12)16(24)14(26-17)13(11-4-3-9-25-11)21-7-5-10(6-8-21)15(18)23/h3-4,9-10,13,24H,2,5-8H2,1H3,(H2,18,23)/t13-/m1/s1. The lowest BCUT2D eigenvalue weighted by Gasteiger charge is -2.35. The van der Waals surface area contributed by atoms with E-state index in [0.29, 0.717) is 43.1 Å². The highest BCUT2D eigenvalue weighted by atomic mass is 32.1. The molecule has 4 rings (SSSR count). The predicted octanol–water partition coefficient (Wildman–Crippen LogP) is 1.94. The molecule has 8 nitrogen and oxygen atoms in total. The van der Waals surface area contributed by atoms with E-state index in [4.69, 9.17) is 10.2 Å². The van der Waals surface area contributed by atoms with Crippen LogP contribution in [0.1, 0.15) is 42.3 Å². The zero-order valence-electron chi connectivity index (χ0n) is 14.5. The highest BCUT2D eigenvalue weighted by molar-refractivity contribution is 7.17. The fourth-order valence-electron chi connectivity index (χ4n) is 3.48. The number of amides is 1. The number of rotatable bonds is 5. The van der Waals surface area contributed by atoms with Crippen molar-refractivity contribution in [3.05, 3.63) is 34.9 Å². The summed E-state index contributed by atoms with van der Waals surface area (Å²) in [6, 6.07) is 3.50. The lowest BCUT2D eigenvalue weighted by molar-refractivity contribution is -0.123. The summed E-state index contributed by atoms with van der Waals surface area (Å²) in [6.07, 6.45) is 3.75. The Hall–Kier alpha value is -2.39. The van der Waals surface area contributed by atoms with Gasteiger partial charge in [-0.15, -0.1) is 5.10 Å². The molecule has 0 aliphatic carbocycles. The molecule has 0 bridgehead atoms. The van der Waals surface area contributed by atoms with Crippen molar-refractivity contribution in [2.24, 2.45) is 11.7 Å². The zero-order valence-corrected chi connectivity index (χ0v) is 15.3. The molecule has 138 valence electrons. The number of nitrogens with two attached hydrogens (primary N) is 1. The first-order valence-electron chi connectivity index (χ1n) is 8.72. The van der Waals surface area contributed by atoms with E-state index in [-0.39, 0.29) is 23.7 Å². The maximum absolute atomic E-state index is 11.5. The Kier molecular flexibility index (Phi) is 4.41. The minimum atomic E-state index is -0.243. The van der Waals surface area contributed by atoms with Gasteiger partial charge >= 0.3 is 0 Å². The lowest BCUT2D eigenvalue weighted by Crippen LogP contribution is -2.40. The zero-order chi connectivity index (χ0) is 18.3. The molecule has 0 unspecified atom stereocenters. The summed E-state index contributed by atoms with van der Waals surface area (Å²) >= 11 is 1.41. The average Bonchev–Trinajstić information content (AvgIpc) is 3.35. The largest absolute Gasteiger partial charge is 0.492 e. The maximum atomic E-state index is 11.5. The lowest BCUT2D eigenvalue weighted by atomic mass is 9.94. The number of likely N-dealkylation sites (tertiary alicyclic amines) is 1. The number of furan rings is 1. The fourth-order valence-corrected chi connectivity index (χ4v) is 4.60. The topological polar surface area (TPSA) is 110 Å². The number of hydrogen-bond acceptors (Lipinski definition) is 7. The summed E-state index contributed by atoms with van der Waals surface area (Å²) in [5.41, 5.74) is 5.45. The minimum Gasteiger partial charge on any atom is -0.492 e. The van der Waals surface area contributed by atoms with E-state index < -0.39 is 0 Å². The number of hydrogen-bond donors (Lipinski definition) is 2. The molecule has 3 N–H and O–H groups in total. The number of carbonyl (C=O) groups is 1. The molecule has 0 saturated carbocycles. The summed E-state index contributed by atoms with van der Waals surface area (Å²) in [5, 5.41) is 15.1. The molecule has 1 aliphatic rings. The summed E-state index contributed by atoms with van der Waals surface area (Å²) in [6.45, 7) is 3.38. The molecule has 0 radical (unpaired) electrons. The molecule has 26 heavy (non-hydrogen) atoms. The van der Waals surface area contributed by atoms with Gasteiger partial charge in [0.05, 0.1) is 11.1 Å². The van der Waals surface area contributed by atoms with Crippen LogP contribution in [0, 0.1) is 5.92 Å². The molecule has 4 heterocycles. The molecule has 3 aromatic rings. The van der Waals surface area contributed by atoms with E-state index in [2.05, 4.69) is 15.0 Å².